The molecule has 1 heterocycles. The lowest BCUT2D eigenvalue weighted by atomic mass is 10.1. The van der Waals surface area contributed by atoms with Crippen molar-refractivity contribution < 1.29 is 4.79 Å². The number of hydrogen-bond acceptors (Lipinski definition) is 2. The number of benzene rings is 1. The van der Waals surface area contributed by atoms with Crippen LogP contribution in [0.15, 0.2) is 18.2 Å². The van der Waals surface area contributed by atoms with E-state index in [0.717, 1.165) is 31.7 Å². The molecule has 1 aliphatic heterocycles. The summed E-state index contributed by atoms with van der Waals surface area (Å²) in [6.07, 6.45) is 0. The predicted octanol–water partition coefficient (Wildman–Crippen LogP) is 1.69. The Labute approximate surface area is 100 Å². The summed E-state index contributed by atoms with van der Waals surface area (Å²) in [4.78, 5) is 14.0. The number of amides is 1. The quantitative estimate of drug-likeness (QED) is 0.808. The summed E-state index contributed by atoms with van der Waals surface area (Å²) in [5, 5.41) is 3.80. The van der Waals surface area contributed by atoms with Gasteiger partial charge in [0.1, 0.15) is 0 Å². The fraction of sp³-hybridized carbons (Fsp3) is 0.417. The zero-order valence-electron chi connectivity index (χ0n) is 9.29. The summed E-state index contributed by atoms with van der Waals surface area (Å²) in [5.41, 5.74) is 1.56. The van der Waals surface area contributed by atoms with E-state index in [2.05, 4.69) is 5.32 Å². The number of carbonyl (C=O) groups is 1. The van der Waals surface area contributed by atoms with Gasteiger partial charge >= 0.3 is 0 Å². The molecule has 4 heteroatoms. The first-order valence-electron chi connectivity index (χ1n) is 5.45. The van der Waals surface area contributed by atoms with E-state index >= 15 is 0 Å². The average Bonchev–Trinajstić information content (AvgIpc) is 2.33. The lowest BCUT2D eigenvalue weighted by Gasteiger charge is -2.27. The third kappa shape index (κ3) is 2.20. The summed E-state index contributed by atoms with van der Waals surface area (Å²) in [6, 6.07) is 5.58. The molecule has 0 atom stereocenters. The van der Waals surface area contributed by atoms with Crippen LogP contribution in [0.4, 0.5) is 0 Å². The summed E-state index contributed by atoms with van der Waals surface area (Å²) in [6.45, 7) is 5.13. The van der Waals surface area contributed by atoms with Crippen molar-refractivity contribution in [1.29, 1.82) is 0 Å². The Balaban J connectivity index is 2.22. The first-order valence-corrected chi connectivity index (χ1v) is 5.83. The van der Waals surface area contributed by atoms with Crippen molar-refractivity contribution in [3.05, 3.63) is 34.3 Å². The van der Waals surface area contributed by atoms with Gasteiger partial charge in [-0.3, -0.25) is 4.79 Å². The zero-order valence-corrected chi connectivity index (χ0v) is 10.0. The van der Waals surface area contributed by atoms with Crippen molar-refractivity contribution >= 4 is 17.5 Å². The highest BCUT2D eigenvalue weighted by Crippen LogP contribution is 2.21. The molecule has 0 aliphatic carbocycles. The van der Waals surface area contributed by atoms with E-state index in [1.165, 1.54) is 0 Å². The topological polar surface area (TPSA) is 32.3 Å². The van der Waals surface area contributed by atoms with Gasteiger partial charge < -0.3 is 10.2 Å². The Kier molecular flexibility index (Phi) is 3.46. The van der Waals surface area contributed by atoms with Crippen LogP contribution in [0.5, 0.6) is 0 Å². The van der Waals surface area contributed by atoms with Crippen molar-refractivity contribution in [3.63, 3.8) is 0 Å². The lowest BCUT2D eigenvalue weighted by molar-refractivity contribution is 0.0736. The predicted molar refractivity (Wildman–Crippen MR) is 65.0 cm³/mol. The van der Waals surface area contributed by atoms with Gasteiger partial charge in [-0.1, -0.05) is 23.7 Å². The highest BCUT2D eigenvalue weighted by molar-refractivity contribution is 6.34. The molecule has 16 heavy (non-hydrogen) atoms. The molecule has 0 aromatic heterocycles. The molecule has 0 bridgehead atoms. The van der Waals surface area contributed by atoms with E-state index in [9.17, 15) is 4.79 Å². The molecule has 0 radical (unpaired) electrons. The zero-order chi connectivity index (χ0) is 11.5. The van der Waals surface area contributed by atoms with Crippen LogP contribution < -0.4 is 5.32 Å². The normalized spacial score (nSPS) is 16.2. The van der Waals surface area contributed by atoms with Crippen LogP contribution >= 0.6 is 11.6 Å². The number of halogens is 1. The monoisotopic (exact) mass is 238 g/mol. The molecule has 1 saturated heterocycles. The van der Waals surface area contributed by atoms with Crippen LogP contribution in [0.25, 0.3) is 0 Å². The molecular formula is C12H15ClN2O. The van der Waals surface area contributed by atoms with Gasteiger partial charge in [-0.2, -0.15) is 0 Å². The third-order valence-corrected chi connectivity index (χ3v) is 3.33. The molecule has 1 fully saturated rings. The molecule has 3 nitrogen and oxygen atoms in total. The number of nitrogens with one attached hydrogen (secondary N) is 1. The molecule has 1 N–H and O–H groups in total. The Morgan fingerprint density at radius 1 is 1.38 bits per heavy atom. The second kappa shape index (κ2) is 4.85. The maximum Gasteiger partial charge on any atom is 0.255 e. The van der Waals surface area contributed by atoms with E-state index in [4.69, 9.17) is 11.6 Å². The van der Waals surface area contributed by atoms with E-state index in [0.29, 0.717) is 10.6 Å². The molecule has 1 aliphatic rings. The smallest absolute Gasteiger partial charge is 0.255 e. The van der Waals surface area contributed by atoms with Gasteiger partial charge in [-0.25, -0.2) is 0 Å². The Morgan fingerprint density at radius 3 is 2.75 bits per heavy atom. The largest absolute Gasteiger partial charge is 0.336 e. The SMILES string of the molecule is Cc1cccc(C(=O)N2CCNCC2)c1Cl. The number of hydrogen-bond donors (Lipinski definition) is 1. The third-order valence-electron chi connectivity index (χ3n) is 2.83. The fourth-order valence-electron chi connectivity index (χ4n) is 1.85. The number of aryl methyl sites for hydroxylation is 1. The van der Waals surface area contributed by atoms with Crippen molar-refractivity contribution in [2.24, 2.45) is 0 Å². The highest BCUT2D eigenvalue weighted by Gasteiger charge is 2.20. The molecule has 86 valence electrons. The minimum absolute atomic E-state index is 0.0372. The molecule has 0 unspecified atom stereocenters. The van der Waals surface area contributed by atoms with Crippen molar-refractivity contribution in [2.45, 2.75) is 6.92 Å². The fourth-order valence-corrected chi connectivity index (χ4v) is 2.06. The van der Waals surface area contributed by atoms with E-state index < -0.39 is 0 Å². The first-order chi connectivity index (χ1) is 7.70. The van der Waals surface area contributed by atoms with Gasteiger partial charge in [-0.15, -0.1) is 0 Å². The van der Waals surface area contributed by atoms with Crippen LogP contribution in [0.2, 0.25) is 5.02 Å². The van der Waals surface area contributed by atoms with Gasteiger partial charge in [0.25, 0.3) is 5.91 Å². The number of carbonyl (C=O) groups excluding carboxylic acids is 1. The van der Waals surface area contributed by atoms with Crippen LogP contribution in [0, 0.1) is 6.92 Å². The van der Waals surface area contributed by atoms with Crippen LogP contribution in [-0.4, -0.2) is 37.0 Å². The Morgan fingerprint density at radius 2 is 2.06 bits per heavy atom. The molecule has 0 saturated carbocycles. The van der Waals surface area contributed by atoms with Crippen LogP contribution in [0.1, 0.15) is 15.9 Å². The van der Waals surface area contributed by atoms with Gasteiger partial charge in [-0.05, 0) is 18.6 Å². The van der Waals surface area contributed by atoms with Gasteiger partial charge in [0.2, 0.25) is 0 Å². The minimum Gasteiger partial charge on any atom is -0.336 e. The summed E-state index contributed by atoms with van der Waals surface area (Å²) >= 11 is 6.14. The van der Waals surface area contributed by atoms with Crippen LogP contribution in [0.3, 0.4) is 0 Å². The Bertz CT molecular complexity index is 400. The van der Waals surface area contributed by atoms with Crippen molar-refractivity contribution in [3.8, 4) is 0 Å². The number of piperazine rings is 1. The van der Waals surface area contributed by atoms with Crippen molar-refractivity contribution in [1.82, 2.24) is 10.2 Å². The molecule has 2 rings (SSSR count). The number of nitrogens with zero attached hydrogens (tertiary/aromatic N) is 1. The first kappa shape index (κ1) is 11.4. The number of rotatable bonds is 1. The molecule has 1 aromatic rings. The summed E-state index contributed by atoms with van der Waals surface area (Å²) in [7, 11) is 0. The molecule has 0 spiro atoms. The van der Waals surface area contributed by atoms with E-state index in [1.807, 2.05) is 24.0 Å². The molecule has 1 aromatic carbocycles. The van der Waals surface area contributed by atoms with Gasteiger partial charge in [0, 0.05) is 26.2 Å². The minimum atomic E-state index is 0.0372. The lowest BCUT2D eigenvalue weighted by Crippen LogP contribution is -2.46. The summed E-state index contributed by atoms with van der Waals surface area (Å²) in [5.74, 6) is 0.0372. The standard InChI is InChI=1S/C12H15ClN2O/c1-9-3-2-4-10(11(9)13)12(16)15-7-5-14-6-8-15/h2-4,14H,5-8H2,1H3. The summed E-state index contributed by atoms with van der Waals surface area (Å²) < 4.78 is 0. The maximum absolute atomic E-state index is 12.2. The second-order valence-corrected chi connectivity index (χ2v) is 4.36. The van der Waals surface area contributed by atoms with Crippen LogP contribution in [-0.2, 0) is 0 Å². The van der Waals surface area contributed by atoms with E-state index in [-0.39, 0.29) is 5.91 Å². The highest BCUT2D eigenvalue weighted by atomic mass is 35.5. The van der Waals surface area contributed by atoms with Crippen molar-refractivity contribution in [2.75, 3.05) is 26.2 Å². The molecular weight excluding hydrogens is 224 g/mol. The maximum atomic E-state index is 12.2. The second-order valence-electron chi connectivity index (χ2n) is 3.98. The average molecular weight is 239 g/mol. The van der Waals surface area contributed by atoms with Gasteiger partial charge in [0.05, 0.1) is 10.6 Å². The van der Waals surface area contributed by atoms with E-state index in [1.54, 1.807) is 6.07 Å². The Hall–Kier alpha value is -1.06. The molecule has 1 amide bonds. The van der Waals surface area contributed by atoms with Gasteiger partial charge in [0.15, 0.2) is 0 Å².